The molecular weight excluding hydrogens is 356 g/mol. The Morgan fingerprint density at radius 2 is 1.52 bits per heavy atom. The van der Waals surface area contributed by atoms with Crippen molar-refractivity contribution >= 4 is 0 Å². The fraction of sp³-hybridized carbons (Fsp3) is 0.727. The number of benzene rings is 1. The van der Waals surface area contributed by atoms with E-state index in [1.165, 1.54) is 69.9 Å². The third-order valence-corrected chi connectivity index (χ3v) is 5.69. The van der Waals surface area contributed by atoms with E-state index in [1.54, 1.807) is 12.1 Å². The molecule has 1 aromatic carbocycles. The molecule has 0 radical (unpaired) electrons. The molecule has 2 rings (SSSR count). The van der Waals surface area contributed by atoms with Gasteiger partial charge in [-0.3, -0.25) is 0 Å². The summed E-state index contributed by atoms with van der Waals surface area (Å²) in [5.74, 6) is 1.55. The van der Waals surface area contributed by atoms with Gasteiger partial charge in [-0.1, -0.05) is 76.8 Å². The SMILES string of the molecule is CCCCCCC1CCC(CCc2ccc(OC(F)C(F)(F)F)cc2)CC1. The normalized spacial score (nSPS) is 21.8. The van der Waals surface area contributed by atoms with Crippen molar-refractivity contribution in [2.24, 2.45) is 11.8 Å². The monoisotopic (exact) mass is 388 g/mol. The summed E-state index contributed by atoms with van der Waals surface area (Å²) in [5.41, 5.74) is 1.06. The smallest absolute Gasteiger partial charge is 0.452 e. The summed E-state index contributed by atoms with van der Waals surface area (Å²) in [6.07, 6.45) is 5.73. The van der Waals surface area contributed by atoms with Gasteiger partial charge in [0.15, 0.2) is 0 Å². The maximum absolute atomic E-state index is 12.9. The third-order valence-electron chi connectivity index (χ3n) is 5.69. The van der Waals surface area contributed by atoms with Gasteiger partial charge in [0, 0.05) is 0 Å². The first kappa shape index (κ1) is 22.0. The Morgan fingerprint density at radius 1 is 0.926 bits per heavy atom. The van der Waals surface area contributed by atoms with Crippen molar-refractivity contribution in [2.75, 3.05) is 0 Å². The maximum atomic E-state index is 12.9. The topological polar surface area (TPSA) is 9.23 Å². The van der Waals surface area contributed by atoms with Gasteiger partial charge in [0.05, 0.1) is 0 Å². The number of alkyl halides is 4. The average Bonchev–Trinajstić information content (AvgIpc) is 2.65. The lowest BCUT2D eigenvalue weighted by molar-refractivity contribution is -0.236. The molecular formula is C22H32F4O. The molecule has 1 fully saturated rings. The van der Waals surface area contributed by atoms with Crippen LogP contribution in [-0.4, -0.2) is 12.5 Å². The van der Waals surface area contributed by atoms with Crippen LogP contribution in [0.1, 0.15) is 76.7 Å². The fourth-order valence-electron chi connectivity index (χ4n) is 3.96. The minimum Gasteiger partial charge on any atom is -0.452 e. The quantitative estimate of drug-likeness (QED) is 0.296. The molecule has 0 bridgehead atoms. The molecule has 1 aromatic rings. The molecule has 0 aliphatic heterocycles. The van der Waals surface area contributed by atoms with E-state index in [0.29, 0.717) is 0 Å². The fourth-order valence-corrected chi connectivity index (χ4v) is 3.96. The van der Waals surface area contributed by atoms with Crippen LogP contribution < -0.4 is 4.74 Å². The van der Waals surface area contributed by atoms with E-state index in [0.717, 1.165) is 30.2 Å². The summed E-state index contributed by atoms with van der Waals surface area (Å²) in [5, 5.41) is 0. The van der Waals surface area contributed by atoms with Gasteiger partial charge in [-0.05, 0) is 42.4 Å². The van der Waals surface area contributed by atoms with Crippen LogP contribution in [0.3, 0.4) is 0 Å². The first-order chi connectivity index (χ1) is 12.9. The van der Waals surface area contributed by atoms with Crippen molar-refractivity contribution in [3.05, 3.63) is 29.8 Å². The Bertz CT molecular complexity index is 518. The van der Waals surface area contributed by atoms with Crippen LogP contribution in [0.25, 0.3) is 0 Å². The minimum absolute atomic E-state index is 0.0906. The summed E-state index contributed by atoms with van der Waals surface area (Å²) in [4.78, 5) is 0. The molecule has 1 saturated carbocycles. The van der Waals surface area contributed by atoms with Crippen molar-refractivity contribution in [3.8, 4) is 5.75 Å². The molecule has 27 heavy (non-hydrogen) atoms. The van der Waals surface area contributed by atoms with E-state index in [2.05, 4.69) is 11.7 Å². The lowest BCUT2D eigenvalue weighted by Gasteiger charge is -2.28. The number of hydrogen-bond donors (Lipinski definition) is 0. The molecule has 1 aliphatic carbocycles. The Balaban J connectivity index is 1.66. The van der Waals surface area contributed by atoms with Crippen molar-refractivity contribution in [3.63, 3.8) is 0 Å². The number of rotatable bonds is 10. The Morgan fingerprint density at radius 3 is 2.07 bits per heavy atom. The van der Waals surface area contributed by atoms with Gasteiger partial charge in [-0.25, -0.2) is 0 Å². The van der Waals surface area contributed by atoms with Gasteiger partial charge in [0.2, 0.25) is 0 Å². The van der Waals surface area contributed by atoms with E-state index in [-0.39, 0.29) is 5.75 Å². The number of halogens is 4. The number of unbranched alkanes of at least 4 members (excludes halogenated alkanes) is 3. The Hall–Kier alpha value is -1.26. The van der Waals surface area contributed by atoms with E-state index >= 15 is 0 Å². The zero-order valence-electron chi connectivity index (χ0n) is 16.2. The second-order valence-corrected chi connectivity index (χ2v) is 7.89. The van der Waals surface area contributed by atoms with Gasteiger partial charge < -0.3 is 4.74 Å². The highest BCUT2D eigenvalue weighted by molar-refractivity contribution is 5.27. The molecule has 0 heterocycles. The molecule has 1 unspecified atom stereocenters. The Labute approximate surface area is 160 Å². The zero-order chi connectivity index (χ0) is 19.7. The van der Waals surface area contributed by atoms with Gasteiger partial charge in [-0.2, -0.15) is 17.6 Å². The largest absolute Gasteiger partial charge is 0.457 e. The minimum atomic E-state index is -4.99. The summed E-state index contributed by atoms with van der Waals surface area (Å²) in [6.45, 7) is 2.24. The average molecular weight is 388 g/mol. The standard InChI is InChI=1S/C22H32F4O/c1-2-3-4-5-6-17-7-9-18(10-8-17)11-12-19-13-15-20(16-14-19)27-21(23)22(24,25)26/h13-18,21H,2-12H2,1H3. The second kappa shape index (κ2) is 10.9. The number of aryl methyl sites for hydroxylation is 1. The highest BCUT2D eigenvalue weighted by Gasteiger charge is 2.42. The van der Waals surface area contributed by atoms with Crippen molar-refractivity contribution in [2.45, 2.75) is 90.1 Å². The molecule has 154 valence electrons. The second-order valence-electron chi connectivity index (χ2n) is 7.89. The molecule has 0 N–H and O–H groups in total. The van der Waals surface area contributed by atoms with Crippen LogP contribution in [0.15, 0.2) is 24.3 Å². The first-order valence-electron chi connectivity index (χ1n) is 10.3. The van der Waals surface area contributed by atoms with E-state index < -0.39 is 12.5 Å². The van der Waals surface area contributed by atoms with Gasteiger partial charge >= 0.3 is 12.5 Å². The van der Waals surface area contributed by atoms with Crippen molar-refractivity contribution in [1.82, 2.24) is 0 Å². The van der Waals surface area contributed by atoms with Crippen molar-refractivity contribution < 1.29 is 22.3 Å². The molecule has 1 aliphatic rings. The molecule has 0 aromatic heterocycles. The molecule has 0 amide bonds. The van der Waals surface area contributed by atoms with Crippen LogP contribution in [0, 0.1) is 11.8 Å². The molecule has 1 nitrogen and oxygen atoms in total. The van der Waals surface area contributed by atoms with Crippen molar-refractivity contribution in [1.29, 1.82) is 0 Å². The van der Waals surface area contributed by atoms with E-state index in [9.17, 15) is 17.6 Å². The van der Waals surface area contributed by atoms with Crippen LogP contribution >= 0.6 is 0 Å². The zero-order valence-corrected chi connectivity index (χ0v) is 16.2. The summed E-state index contributed by atoms with van der Waals surface area (Å²) in [7, 11) is 0. The third kappa shape index (κ3) is 8.10. The van der Waals surface area contributed by atoms with Gasteiger partial charge in [-0.15, -0.1) is 0 Å². The highest BCUT2D eigenvalue weighted by atomic mass is 19.4. The first-order valence-corrected chi connectivity index (χ1v) is 10.3. The summed E-state index contributed by atoms with van der Waals surface area (Å²) in [6, 6.07) is 6.30. The van der Waals surface area contributed by atoms with E-state index in [4.69, 9.17) is 0 Å². The van der Waals surface area contributed by atoms with Crippen LogP contribution in [0.5, 0.6) is 5.75 Å². The van der Waals surface area contributed by atoms with Crippen LogP contribution in [0.2, 0.25) is 0 Å². The highest BCUT2D eigenvalue weighted by Crippen LogP contribution is 2.34. The molecule has 5 heteroatoms. The summed E-state index contributed by atoms with van der Waals surface area (Å²) < 4.78 is 53.7. The predicted molar refractivity (Wildman–Crippen MR) is 101 cm³/mol. The van der Waals surface area contributed by atoms with Crippen LogP contribution in [-0.2, 0) is 6.42 Å². The van der Waals surface area contributed by atoms with Gasteiger partial charge in [0.1, 0.15) is 5.75 Å². The predicted octanol–water partition coefficient (Wildman–Crippen LogP) is 7.63. The lowest BCUT2D eigenvalue weighted by Crippen LogP contribution is -2.29. The van der Waals surface area contributed by atoms with E-state index in [1.807, 2.05) is 0 Å². The lowest BCUT2D eigenvalue weighted by atomic mass is 9.78. The Kier molecular flexibility index (Phi) is 8.91. The molecule has 0 spiro atoms. The molecule has 1 atom stereocenters. The number of ether oxygens (including phenoxy) is 1. The van der Waals surface area contributed by atoms with Gasteiger partial charge in [0.25, 0.3) is 0 Å². The van der Waals surface area contributed by atoms with Crippen LogP contribution in [0.4, 0.5) is 17.6 Å². The number of hydrogen-bond acceptors (Lipinski definition) is 1. The maximum Gasteiger partial charge on any atom is 0.457 e. The summed E-state index contributed by atoms with van der Waals surface area (Å²) >= 11 is 0. The molecule has 0 saturated heterocycles.